The first kappa shape index (κ1) is 11.1. The molecule has 1 N–H and O–H groups in total. The van der Waals surface area contributed by atoms with Crippen molar-refractivity contribution in [3.05, 3.63) is 22.4 Å². The summed E-state index contributed by atoms with van der Waals surface area (Å²) in [5.74, 6) is 0. The molecule has 2 nitrogen and oxygen atoms in total. The van der Waals surface area contributed by atoms with Gasteiger partial charge in [-0.3, -0.25) is 0 Å². The summed E-state index contributed by atoms with van der Waals surface area (Å²) in [6.45, 7) is 4.57. The number of hydrogen-bond acceptors (Lipinski definition) is 3. The molecular formula is C12H20N2S. The number of thiophene rings is 1. The van der Waals surface area contributed by atoms with Gasteiger partial charge in [0, 0.05) is 18.6 Å². The van der Waals surface area contributed by atoms with E-state index in [0.29, 0.717) is 6.04 Å². The van der Waals surface area contributed by atoms with E-state index in [-0.39, 0.29) is 0 Å². The Hall–Kier alpha value is -0.380. The van der Waals surface area contributed by atoms with Crippen molar-refractivity contribution in [2.45, 2.75) is 38.4 Å². The molecule has 2 heterocycles. The number of nitrogens with zero attached hydrogens (tertiary/aromatic N) is 1. The van der Waals surface area contributed by atoms with Crippen LogP contribution in [-0.2, 0) is 6.54 Å². The number of hydrogen-bond donors (Lipinski definition) is 1. The van der Waals surface area contributed by atoms with E-state index in [4.69, 9.17) is 0 Å². The minimum atomic E-state index is 0.705. The lowest BCUT2D eigenvalue weighted by molar-refractivity contribution is 0.168. The zero-order chi connectivity index (χ0) is 10.7. The van der Waals surface area contributed by atoms with Gasteiger partial charge in [-0.25, -0.2) is 0 Å². The second kappa shape index (κ2) is 5.10. The Labute approximate surface area is 96.3 Å². The molecule has 0 spiro atoms. The van der Waals surface area contributed by atoms with Crippen LogP contribution in [0.5, 0.6) is 0 Å². The molecular weight excluding hydrogens is 204 g/mol. The highest BCUT2D eigenvalue weighted by Gasteiger charge is 2.21. The lowest BCUT2D eigenvalue weighted by Gasteiger charge is -2.35. The van der Waals surface area contributed by atoms with Crippen molar-refractivity contribution in [1.82, 2.24) is 10.2 Å². The first-order valence-electron chi connectivity index (χ1n) is 5.70. The van der Waals surface area contributed by atoms with Crippen LogP contribution >= 0.6 is 11.3 Å². The normalized spacial score (nSPS) is 28.1. The van der Waals surface area contributed by atoms with Crippen LogP contribution in [0, 0.1) is 0 Å². The Morgan fingerprint density at radius 2 is 2.47 bits per heavy atom. The summed E-state index contributed by atoms with van der Waals surface area (Å²) < 4.78 is 0. The van der Waals surface area contributed by atoms with Gasteiger partial charge in [0.1, 0.15) is 0 Å². The Balaban J connectivity index is 1.76. The second-order valence-corrected chi connectivity index (χ2v) is 5.34. The highest BCUT2D eigenvalue weighted by atomic mass is 32.1. The summed E-state index contributed by atoms with van der Waals surface area (Å²) in [6.07, 6.45) is 2.56. The Kier molecular flexibility index (Phi) is 3.78. The molecule has 1 saturated heterocycles. The van der Waals surface area contributed by atoms with Gasteiger partial charge in [0.15, 0.2) is 0 Å². The molecule has 1 aliphatic heterocycles. The smallest absolute Gasteiger partial charge is 0.0216 e. The molecule has 2 atom stereocenters. The summed E-state index contributed by atoms with van der Waals surface area (Å²) >= 11 is 1.78. The first-order valence-corrected chi connectivity index (χ1v) is 6.64. The number of nitrogens with one attached hydrogen (secondary N) is 1. The molecule has 0 saturated carbocycles. The predicted octanol–water partition coefficient (Wildman–Crippen LogP) is 2.32. The molecule has 0 aliphatic carbocycles. The second-order valence-electron chi connectivity index (χ2n) is 4.56. The van der Waals surface area contributed by atoms with Crippen molar-refractivity contribution in [3.63, 3.8) is 0 Å². The third-order valence-electron chi connectivity index (χ3n) is 3.38. The van der Waals surface area contributed by atoms with Crippen molar-refractivity contribution in [2.75, 3.05) is 13.6 Å². The number of rotatable bonds is 3. The van der Waals surface area contributed by atoms with E-state index in [1.54, 1.807) is 11.3 Å². The molecule has 15 heavy (non-hydrogen) atoms. The fourth-order valence-corrected chi connectivity index (χ4v) is 2.80. The Morgan fingerprint density at radius 3 is 3.13 bits per heavy atom. The van der Waals surface area contributed by atoms with Crippen LogP contribution in [0.3, 0.4) is 0 Å². The van der Waals surface area contributed by atoms with E-state index in [1.165, 1.54) is 24.9 Å². The van der Waals surface area contributed by atoms with Crippen LogP contribution in [0.15, 0.2) is 16.8 Å². The molecule has 0 radical (unpaired) electrons. The highest BCUT2D eigenvalue weighted by Crippen LogP contribution is 2.16. The molecule has 1 aromatic rings. The van der Waals surface area contributed by atoms with E-state index < -0.39 is 0 Å². The van der Waals surface area contributed by atoms with Gasteiger partial charge in [-0.15, -0.1) is 0 Å². The van der Waals surface area contributed by atoms with Crippen molar-refractivity contribution in [2.24, 2.45) is 0 Å². The summed E-state index contributed by atoms with van der Waals surface area (Å²) in [5.41, 5.74) is 1.42. The van der Waals surface area contributed by atoms with Crippen LogP contribution in [0.1, 0.15) is 25.3 Å². The fraction of sp³-hybridized carbons (Fsp3) is 0.667. The van der Waals surface area contributed by atoms with Gasteiger partial charge in [-0.05, 0) is 55.7 Å². The van der Waals surface area contributed by atoms with E-state index in [9.17, 15) is 0 Å². The molecule has 1 aromatic heterocycles. The topological polar surface area (TPSA) is 15.3 Å². The van der Waals surface area contributed by atoms with E-state index in [0.717, 1.165) is 12.6 Å². The molecule has 2 unspecified atom stereocenters. The zero-order valence-corrected chi connectivity index (χ0v) is 10.4. The maximum absolute atomic E-state index is 3.65. The summed E-state index contributed by atoms with van der Waals surface area (Å²) in [5, 5.41) is 8.03. The van der Waals surface area contributed by atoms with Crippen LogP contribution in [-0.4, -0.2) is 30.6 Å². The molecule has 2 rings (SSSR count). The van der Waals surface area contributed by atoms with Crippen molar-refractivity contribution < 1.29 is 0 Å². The van der Waals surface area contributed by atoms with Gasteiger partial charge in [0.25, 0.3) is 0 Å². The Morgan fingerprint density at radius 1 is 1.60 bits per heavy atom. The summed E-state index contributed by atoms with van der Waals surface area (Å²) in [6, 6.07) is 3.63. The van der Waals surface area contributed by atoms with Crippen molar-refractivity contribution in [1.29, 1.82) is 0 Å². The minimum Gasteiger partial charge on any atom is -0.310 e. The lowest BCUT2D eigenvalue weighted by Crippen LogP contribution is -2.45. The standard InChI is InChI=1S/C12H20N2S/c1-10-7-12(3-5-14(10)2)13-8-11-4-6-15-9-11/h4,6,9-10,12-13H,3,5,7-8H2,1-2H3. The van der Waals surface area contributed by atoms with Gasteiger partial charge < -0.3 is 10.2 Å². The molecule has 3 heteroatoms. The predicted molar refractivity (Wildman–Crippen MR) is 66.3 cm³/mol. The fourth-order valence-electron chi connectivity index (χ4n) is 2.13. The van der Waals surface area contributed by atoms with Crippen LogP contribution in [0.25, 0.3) is 0 Å². The Bertz CT molecular complexity index is 284. The number of piperidine rings is 1. The summed E-state index contributed by atoms with van der Waals surface area (Å²) in [7, 11) is 2.22. The third-order valence-corrected chi connectivity index (χ3v) is 4.12. The van der Waals surface area contributed by atoms with Gasteiger partial charge in [-0.2, -0.15) is 11.3 Å². The maximum atomic E-state index is 3.65. The van der Waals surface area contributed by atoms with Gasteiger partial charge in [-0.1, -0.05) is 0 Å². The van der Waals surface area contributed by atoms with E-state index in [2.05, 4.69) is 41.0 Å². The average molecular weight is 224 g/mol. The average Bonchev–Trinajstić information content (AvgIpc) is 2.73. The van der Waals surface area contributed by atoms with Gasteiger partial charge >= 0.3 is 0 Å². The molecule has 1 aliphatic rings. The van der Waals surface area contributed by atoms with E-state index >= 15 is 0 Å². The minimum absolute atomic E-state index is 0.705. The van der Waals surface area contributed by atoms with Gasteiger partial charge in [0.2, 0.25) is 0 Å². The first-order chi connectivity index (χ1) is 7.25. The zero-order valence-electron chi connectivity index (χ0n) is 9.57. The maximum Gasteiger partial charge on any atom is 0.0216 e. The molecule has 1 fully saturated rings. The van der Waals surface area contributed by atoms with Crippen LogP contribution in [0.2, 0.25) is 0 Å². The van der Waals surface area contributed by atoms with Crippen molar-refractivity contribution in [3.8, 4) is 0 Å². The SMILES string of the molecule is CC1CC(NCc2ccsc2)CCN1C. The van der Waals surface area contributed by atoms with Gasteiger partial charge in [0.05, 0.1) is 0 Å². The van der Waals surface area contributed by atoms with Crippen LogP contribution in [0.4, 0.5) is 0 Å². The quantitative estimate of drug-likeness (QED) is 0.847. The third kappa shape index (κ3) is 3.03. The molecule has 0 bridgehead atoms. The molecule has 0 aromatic carbocycles. The monoisotopic (exact) mass is 224 g/mol. The largest absolute Gasteiger partial charge is 0.310 e. The number of likely N-dealkylation sites (tertiary alicyclic amines) is 1. The van der Waals surface area contributed by atoms with E-state index in [1.807, 2.05) is 0 Å². The summed E-state index contributed by atoms with van der Waals surface area (Å²) in [4.78, 5) is 2.45. The molecule has 84 valence electrons. The van der Waals surface area contributed by atoms with Crippen molar-refractivity contribution >= 4 is 11.3 Å². The highest BCUT2D eigenvalue weighted by molar-refractivity contribution is 7.07. The van der Waals surface area contributed by atoms with Crippen LogP contribution < -0.4 is 5.32 Å². The lowest BCUT2D eigenvalue weighted by atomic mass is 9.99. The molecule has 0 amide bonds.